The maximum atomic E-state index is 6.37. The first-order chi connectivity index (χ1) is 9.79. The number of nitrogens with two attached hydrogens (primary N) is 1. The van der Waals surface area contributed by atoms with Crippen molar-refractivity contribution in [2.24, 2.45) is 5.92 Å². The summed E-state index contributed by atoms with van der Waals surface area (Å²) in [6, 6.07) is 6.30. The highest BCUT2D eigenvalue weighted by molar-refractivity contribution is 5.98. The van der Waals surface area contributed by atoms with Crippen LogP contribution in [0.2, 0.25) is 0 Å². The minimum Gasteiger partial charge on any atom is -0.397 e. The number of nitrogen functional groups attached to an aromatic ring is 1. The second-order valence-corrected chi connectivity index (χ2v) is 5.81. The largest absolute Gasteiger partial charge is 0.397 e. The Labute approximate surface area is 120 Å². The zero-order valence-electron chi connectivity index (χ0n) is 12.2. The molecule has 1 aliphatic heterocycles. The first-order valence-electron chi connectivity index (χ1n) is 7.66. The Balaban J connectivity index is 1.83. The van der Waals surface area contributed by atoms with Crippen molar-refractivity contribution in [2.75, 3.05) is 23.7 Å². The number of piperidine rings is 1. The van der Waals surface area contributed by atoms with Crippen molar-refractivity contribution in [3.8, 4) is 0 Å². The van der Waals surface area contributed by atoms with Crippen LogP contribution < -0.4 is 10.6 Å². The van der Waals surface area contributed by atoms with Crippen molar-refractivity contribution >= 4 is 22.1 Å². The molecule has 106 valence electrons. The lowest BCUT2D eigenvalue weighted by atomic mass is 9.92. The van der Waals surface area contributed by atoms with E-state index >= 15 is 0 Å². The van der Waals surface area contributed by atoms with E-state index in [4.69, 9.17) is 5.73 Å². The second-order valence-electron chi connectivity index (χ2n) is 5.81. The predicted molar refractivity (Wildman–Crippen MR) is 86.0 cm³/mol. The first-order valence-corrected chi connectivity index (χ1v) is 7.66. The van der Waals surface area contributed by atoms with Gasteiger partial charge >= 0.3 is 0 Å². The smallest absolute Gasteiger partial charge is 0.0632 e. The van der Waals surface area contributed by atoms with Crippen LogP contribution in [-0.4, -0.2) is 18.1 Å². The van der Waals surface area contributed by atoms with Crippen molar-refractivity contribution in [2.45, 2.75) is 32.6 Å². The zero-order chi connectivity index (χ0) is 13.9. The minimum atomic E-state index is 0.902. The normalized spacial score (nSPS) is 16.8. The molecule has 0 unspecified atom stereocenters. The molecule has 1 aromatic carbocycles. The molecular weight excluding hydrogens is 246 g/mol. The standard InChI is InChI=1S/C17H23N3/c1-2-3-13-7-10-20(11-8-13)16-5-4-14-12-19-9-6-15(14)17(16)18/h4-6,9,12-13H,2-3,7-8,10-11,18H2,1H3. The number of hydrogen-bond donors (Lipinski definition) is 1. The third-order valence-electron chi connectivity index (χ3n) is 4.49. The van der Waals surface area contributed by atoms with Crippen LogP contribution in [0.4, 0.5) is 11.4 Å². The predicted octanol–water partition coefficient (Wildman–Crippen LogP) is 3.83. The van der Waals surface area contributed by atoms with Gasteiger partial charge in [0.2, 0.25) is 0 Å². The molecule has 0 aliphatic carbocycles. The van der Waals surface area contributed by atoms with Gasteiger partial charge in [-0.2, -0.15) is 0 Å². The average molecular weight is 269 g/mol. The van der Waals surface area contributed by atoms with Crippen molar-refractivity contribution in [3.05, 3.63) is 30.6 Å². The van der Waals surface area contributed by atoms with Gasteiger partial charge in [-0.3, -0.25) is 4.98 Å². The van der Waals surface area contributed by atoms with Gasteiger partial charge in [-0.1, -0.05) is 25.8 Å². The van der Waals surface area contributed by atoms with E-state index in [0.29, 0.717) is 0 Å². The lowest BCUT2D eigenvalue weighted by Crippen LogP contribution is -2.34. The van der Waals surface area contributed by atoms with Crippen LogP contribution in [-0.2, 0) is 0 Å². The van der Waals surface area contributed by atoms with E-state index in [0.717, 1.165) is 35.5 Å². The molecule has 1 fully saturated rings. The summed E-state index contributed by atoms with van der Waals surface area (Å²) in [6.45, 7) is 4.54. The number of fused-ring (bicyclic) bond motifs is 1. The number of nitrogens with zero attached hydrogens (tertiary/aromatic N) is 2. The maximum Gasteiger partial charge on any atom is 0.0632 e. The van der Waals surface area contributed by atoms with Gasteiger partial charge < -0.3 is 10.6 Å². The molecule has 2 N–H and O–H groups in total. The van der Waals surface area contributed by atoms with E-state index in [1.807, 2.05) is 18.5 Å². The highest BCUT2D eigenvalue weighted by atomic mass is 15.1. The number of hydrogen-bond acceptors (Lipinski definition) is 3. The van der Waals surface area contributed by atoms with Crippen LogP contribution >= 0.6 is 0 Å². The molecule has 0 saturated carbocycles. The number of benzene rings is 1. The van der Waals surface area contributed by atoms with Crippen LogP contribution in [0.25, 0.3) is 10.8 Å². The summed E-state index contributed by atoms with van der Waals surface area (Å²) in [4.78, 5) is 6.60. The van der Waals surface area contributed by atoms with Crippen molar-refractivity contribution in [3.63, 3.8) is 0 Å². The van der Waals surface area contributed by atoms with E-state index in [2.05, 4.69) is 28.9 Å². The SMILES string of the molecule is CCCC1CCN(c2ccc3cnccc3c2N)CC1. The fourth-order valence-electron chi connectivity index (χ4n) is 3.33. The van der Waals surface area contributed by atoms with Crippen LogP contribution in [0.1, 0.15) is 32.6 Å². The molecule has 0 bridgehead atoms. The van der Waals surface area contributed by atoms with E-state index in [9.17, 15) is 0 Å². The number of aromatic nitrogens is 1. The third-order valence-corrected chi connectivity index (χ3v) is 4.49. The van der Waals surface area contributed by atoms with Crippen LogP contribution in [0.5, 0.6) is 0 Å². The second kappa shape index (κ2) is 5.70. The zero-order valence-corrected chi connectivity index (χ0v) is 12.2. The Morgan fingerprint density at radius 1 is 1.25 bits per heavy atom. The molecule has 3 heteroatoms. The molecule has 1 aliphatic rings. The lowest BCUT2D eigenvalue weighted by Gasteiger charge is -2.34. The van der Waals surface area contributed by atoms with Gasteiger partial charge in [0.15, 0.2) is 0 Å². The molecule has 1 saturated heterocycles. The Hall–Kier alpha value is -1.77. The fourth-order valence-corrected chi connectivity index (χ4v) is 3.33. The average Bonchev–Trinajstić information content (AvgIpc) is 2.49. The Bertz CT molecular complexity index is 586. The molecule has 20 heavy (non-hydrogen) atoms. The van der Waals surface area contributed by atoms with Crippen LogP contribution in [0.3, 0.4) is 0 Å². The first kappa shape index (κ1) is 13.2. The Morgan fingerprint density at radius 2 is 2.05 bits per heavy atom. The highest BCUT2D eigenvalue weighted by Crippen LogP contribution is 2.34. The summed E-state index contributed by atoms with van der Waals surface area (Å²) in [6.07, 6.45) is 8.95. The topological polar surface area (TPSA) is 42.2 Å². The van der Waals surface area contributed by atoms with Gasteiger partial charge in [0, 0.05) is 36.3 Å². The summed E-state index contributed by atoms with van der Waals surface area (Å²) in [5.74, 6) is 0.905. The summed E-state index contributed by atoms with van der Waals surface area (Å²) in [7, 11) is 0. The van der Waals surface area contributed by atoms with Gasteiger partial charge in [-0.05, 0) is 30.9 Å². The molecule has 0 atom stereocenters. The third kappa shape index (κ3) is 2.45. The van der Waals surface area contributed by atoms with Gasteiger partial charge in [0.05, 0.1) is 11.4 Å². The molecule has 3 nitrogen and oxygen atoms in total. The molecule has 0 spiro atoms. The van der Waals surface area contributed by atoms with E-state index in [-0.39, 0.29) is 0 Å². The van der Waals surface area contributed by atoms with Crippen LogP contribution in [0, 0.1) is 5.92 Å². The van der Waals surface area contributed by atoms with Gasteiger partial charge in [-0.15, -0.1) is 0 Å². The summed E-state index contributed by atoms with van der Waals surface area (Å²) in [5, 5.41) is 2.24. The quantitative estimate of drug-likeness (QED) is 0.861. The minimum absolute atomic E-state index is 0.902. The van der Waals surface area contributed by atoms with Gasteiger partial charge in [-0.25, -0.2) is 0 Å². The number of rotatable bonds is 3. The molecular formula is C17H23N3. The van der Waals surface area contributed by atoms with E-state index in [1.165, 1.54) is 31.4 Å². The van der Waals surface area contributed by atoms with Gasteiger partial charge in [0.25, 0.3) is 0 Å². The van der Waals surface area contributed by atoms with Crippen molar-refractivity contribution in [1.29, 1.82) is 0 Å². The fraction of sp³-hybridized carbons (Fsp3) is 0.471. The van der Waals surface area contributed by atoms with Crippen LogP contribution in [0.15, 0.2) is 30.6 Å². The molecule has 2 aromatic rings. The van der Waals surface area contributed by atoms with Crippen molar-refractivity contribution < 1.29 is 0 Å². The number of anilines is 2. The Kier molecular flexibility index (Phi) is 3.77. The van der Waals surface area contributed by atoms with Crippen molar-refractivity contribution in [1.82, 2.24) is 4.98 Å². The number of pyridine rings is 1. The lowest BCUT2D eigenvalue weighted by molar-refractivity contribution is 0.378. The summed E-state index contributed by atoms with van der Waals surface area (Å²) in [5.41, 5.74) is 8.47. The summed E-state index contributed by atoms with van der Waals surface area (Å²) < 4.78 is 0. The van der Waals surface area contributed by atoms with Gasteiger partial charge in [0.1, 0.15) is 0 Å². The van der Waals surface area contributed by atoms with E-state index < -0.39 is 0 Å². The molecule has 2 heterocycles. The molecule has 0 radical (unpaired) electrons. The maximum absolute atomic E-state index is 6.37. The molecule has 1 aromatic heterocycles. The highest BCUT2D eigenvalue weighted by Gasteiger charge is 2.20. The van der Waals surface area contributed by atoms with E-state index in [1.54, 1.807) is 0 Å². The molecule has 0 amide bonds. The summed E-state index contributed by atoms with van der Waals surface area (Å²) >= 11 is 0. The Morgan fingerprint density at radius 3 is 2.80 bits per heavy atom. The molecule has 3 rings (SSSR count). The monoisotopic (exact) mass is 269 g/mol.